The van der Waals surface area contributed by atoms with Crippen molar-refractivity contribution in [2.45, 2.75) is 31.4 Å². The maximum Gasteiger partial charge on any atom is 0.305 e. The fourth-order valence-electron chi connectivity index (χ4n) is 1.61. The minimum Gasteiger partial charge on any atom is -0.462 e. The molecule has 2 unspecified atom stereocenters. The van der Waals surface area contributed by atoms with E-state index >= 15 is 0 Å². The molecule has 0 saturated carbocycles. The molecule has 1 fully saturated rings. The Morgan fingerprint density at radius 3 is 2.95 bits per heavy atom. The standard InChI is InChI=1S/C13H20FN3O4S/c1-3-4-11(19)20-6-12-21-10(7-22-12)17(8-18)5-9(14)13(15)16-2/h5,8,10,12H,3-4,6-7H2,1-2H3,(H2,15,16)/b9-5+. The lowest BCUT2D eigenvalue weighted by molar-refractivity contribution is -0.148. The van der Waals surface area contributed by atoms with Gasteiger partial charge in [0.1, 0.15) is 18.3 Å². The van der Waals surface area contributed by atoms with Gasteiger partial charge in [0.2, 0.25) is 6.41 Å². The topological polar surface area (TPSA) is 94.2 Å². The average molecular weight is 333 g/mol. The van der Waals surface area contributed by atoms with Crippen LogP contribution in [0.3, 0.4) is 0 Å². The van der Waals surface area contributed by atoms with E-state index in [0.717, 1.165) is 11.1 Å². The Balaban J connectivity index is 2.53. The number of hydrogen-bond donors (Lipinski definition) is 1. The lowest BCUT2D eigenvalue weighted by Crippen LogP contribution is -2.33. The quantitative estimate of drug-likeness (QED) is 0.308. The van der Waals surface area contributed by atoms with Gasteiger partial charge in [-0.05, 0) is 6.42 Å². The van der Waals surface area contributed by atoms with Gasteiger partial charge in [0.15, 0.2) is 11.7 Å². The minimum absolute atomic E-state index is 0.0947. The maximum atomic E-state index is 13.6. The number of amides is 1. The second-order valence-electron chi connectivity index (χ2n) is 4.43. The fraction of sp³-hybridized carbons (Fsp3) is 0.615. The molecule has 1 aliphatic rings. The normalized spacial score (nSPS) is 22.5. The number of rotatable bonds is 8. The van der Waals surface area contributed by atoms with Crippen LogP contribution in [0.5, 0.6) is 0 Å². The molecule has 124 valence electrons. The zero-order chi connectivity index (χ0) is 16.5. The van der Waals surface area contributed by atoms with Crippen LogP contribution >= 0.6 is 11.8 Å². The lowest BCUT2D eigenvalue weighted by atomic mass is 10.3. The molecule has 0 radical (unpaired) electrons. The van der Waals surface area contributed by atoms with Crippen LogP contribution in [0.25, 0.3) is 0 Å². The summed E-state index contributed by atoms with van der Waals surface area (Å²) in [5.41, 5.74) is 4.93. The summed E-state index contributed by atoms with van der Waals surface area (Å²) in [7, 11) is 1.34. The zero-order valence-electron chi connectivity index (χ0n) is 12.5. The van der Waals surface area contributed by atoms with Crippen LogP contribution < -0.4 is 5.73 Å². The molecule has 0 aromatic rings. The molecule has 1 saturated heterocycles. The Hall–Kier alpha value is -1.61. The first-order valence-corrected chi connectivity index (χ1v) is 7.82. The first kappa shape index (κ1) is 18.4. The van der Waals surface area contributed by atoms with Crippen LogP contribution in [0.2, 0.25) is 0 Å². The highest BCUT2D eigenvalue weighted by atomic mass is 32.2. The Bertz CT molecular complexity index is 459. The summed E-state index contributed by atoms with van der Waals surface area (Å²) >= 11 is 1.38. The molecule has 1 rings (SSSR count). The number of carbonyl (C=O) groups excluding carboxylic acids is 2. The number of carbonyl (C=O) groups is 2. The molecule has 7 nitrogen and oxygen atoms in total. The number of ether oxygens (including phenoxy) is 2. The number of halogens is 1. The lowest BCUT2D eigenvalue weighted by Gasteiger charge is -2.20. The van der Waals surface area contributed by atoms with Gasteiger partial charge in [-0.15, -0.1) is 11.8 Å². The zero-order valence-corrected chi connectivity index (χ0v) is 13.3. The molecule has 2 N–H and O–H groups in total. The van der Waals surface area contributed by atoms with Gasteiger partial charge in [-0.3, -0.25) is 19.5 Å². The first-order chi connectivity index (χ1) is 10.5. The van der Waals surface area contributed by atoms with Gasteiger partial charge in [-0.25, -0.2) is 4.39 Å². The Kier molecular flexibility index (Phi) is 7.89. The predicted molar refractivity (Wildman–Crippen MR) is 81.6 cm³/mol. The van der Waals surface area contributed by atoms with Crippen LogP contribution in [0.4, 0.5) is 4.39 Å². The number of amidine groups is 1. The van der Waals surface area contributed by atoms with Crippen molar-refractivity contribution >= 4 is 30.0 Å². The summed E-state index contributed by atoms with van der Waals surface area (Å²) in [6.07, 6.45) is 1.80. The second-order valence-corrected chi connectivity index (χ2v) is 5.62. The van der Waals surface area contributed by atoms with Crippen molar-refractivity contribution in [3.05, 3.63) is 12.0 Å². The fourth-order valence-corrected chi connectivity index (χ4v) is 2.61. The monoisotopic (exact) mass is 333 g/mol. The Morgan fingerprint density at radius 2 is 2.36 bits per heavy atom. The molecule has 0 spiro atoms. The van der Waals surface area contributed by atoms with Gasteiger partial charge in [0.25, 0.3) is 0 Å². The van der Waals surface area contributed by atoms with Crippen molar-refractivity contribution in [1.82, 2.24) is 4.90 Å². The molecule has 1 aliphatic heterocycles. The number of thioether (sulfide) groups is 1. The second kappa shape index (κ2) is 9.42. The van der Waals surface area contributed by atoms with E-state index in [-0.39, 0.29) is 23.8 Å². The molecule has 0 aromatic carbocycles. The van der Waals surface area contributed by atoms with Gasteiger partial charge >= 0.3 is 5.97 Å². The molecule has 1 heterocycles. The van der Waals surface area contributed by atoms with E-state index in [1.807, 2.05) is 6.92 Å². The largest absolute Gasteiger partial charge is 0.462 e. The third kappa shape index (κ3) is 5.64. The molecule has 0 aliphatic carbocycles. The first-order valence-electron chi connectivity index (χ1n) is 6.77. The highest BCUT2D eigenvalue weighted by Gasteiger charge is 2.30. The third-order valence-electron chi connectivity index (χ3n) is 2.77. The number of nitrogens with zero attached hydrogens (tertiary/aromatic N) is 2. The smallest absolute Gasteiger partial charge is 0.305 e. The highest BCUT2D eigenvalue weighted by molar-refractivity contribution is 8.00. The number of aliphatic imine (C=N–C) groups is 1. The van der Waals surface area contributed by atoms with Crippen LogP contribution in [-0.4, -0.2) is 54.2 Å². The Morgan fingerprint density at radius 1 is 1.64 bits per heavy atom. The summed E-state index contributed by atoms with van der Waals surface area (Å²) in [5, 5.41) is 0. The van der Waals surface area contributed by atoms with Crippen LogP contribution in [-0.2, 0) is 19.1 Å². The molecule has 2 atom stereocenters. The number of hydrogen-bond acceptors (Lipinski definition) is 6. The van der Waals surface area contributed by atoms with Gasteiger partial charge in [0.05, 0.1) is 0 Å². The average Bonchev–Trinajstić information content (AvgIpc) is 2.98. The predicted octanol–water partition coefficient (Wildman–Crippen LogP) is 1.00. The van der Waals surface area contributed by atoms with E-state index in [4.69, 9.17) is 15.2 Å². The Labute approximate surface area is 132 Å². The van der Waals surface area contributed by atoms with Crippen molar-refractivity contribution in [3.63, 3.8) is 0 Å². The van der Waals surface area contributed by atoms with E-state index in [0.29, 0.717) is 25.0 Å². The molecular formula is C13H20FN3O4S. The number of esters is 1. The molecule has 0 bridgehead atoms. The van der Waals surface area contributed by atoms with E-state index in [9.17, 15) is 14.0 Å². The van der Waals surface area contributed by atoms with Crippen molar-refractivity contribution in [2.24, 2.45) is 10.7 Å². The summed E-state index contributed by atoms with van der Waals surface area (Å²) in [6, 6.07) is 0. The van der Waals surface area contributed by atoms with Crippen molar-refractivity contribution < 1.29 is 23.5 Å². The van der Waals surface area contributed by atoms with Crippen molar-refractivity contribution in [2.75, 3.05) is 19.4 Å². The number of nitrogens with two attached hydrogens (primary N) is 1. The molecule has 9 heteroatoms. The molecule has 0 aromatic heterocycles. The van der Waals surface area contributed by atoms with E-state index in [1.165, 1.54) is 18.8 Å². The van der Waals surface area contributed by atoms with Crippen LogP contribution in [0.15, 0.2) is 17.0 Å². The van der Waals surface area contributed by atoms with E-state index < -0.39 is 12.1 Å². The SMILES string of the molecule is CCCC(=O)OCC1OC(N(C=O)/C=C(/F)C(N)=NC)CS1. The van der Waals surface area contributed by atoms with Crippen LogP contribution in [0, 0.1) is 0 Å². The van der Waals surface area contributed by atoms with Crippen molar-refractivity contribution in [1.29, 1.82) is 0 Å². The third-order valence-corrected chi connectivity index (χ3v) is 3.87. The minimum atomic E-state index is -0.818. The maximum absolute atomic E-state index is 13.6. The molecular weight excluding hydrogens is 313 g/mol. The summed E-state index contributed by atoms with van der Waals surface area (Å²) in [6.45, 7) is 1.98. The van der Waals surface area contributed by atoms with E-state index in [1.54, 1.807) is 0 Å². The summed E-state index contributed by atoms with van der Waals surface area (Å²) in [5.74, 6) is -0.981. The van der Waals surface area contributed by atoms with Gasteiger partial charge in [-0.2, -0.15) is 0 Å². The molecule has 1 amide bonds. The summed E-state index contributed by atoms with van der Waals surface area (Å²) in [4.78, 5) is 26.9. The van der Waals surface area contributed by atoms with Gasteiger partial charge in [0, 0.05) is 25.4 Å². The summed E-state index contributed by atoms with van der Waals surface area (Å²) < 4.78 is 24.2. The van der Waals surface area contributed by atoms with Gasteiger partial charge < -0.3 is 15.2 Å². The highest BCUT2D eigenvalue weighted by Crippen LogP contribution is 2.27. The van der Waals surface area contributed by atoms with Crippen LogP contribution in [0.1, 0.15) is 19.8 Å². The van der Waals surface area contributed by atoms with E-state index in [2.05, 4.69) is 4.99 Å². The molecule has 22 heavy (non-hydrogen) atoms. The van der Waals surface area contributed by atoms with Crippen molar-refractivity contribution in [3.8, 4) is 0 Å². The van der Waals surface area contributed by atoms with Gasteiger partial charge in [-0.1, -0.05) is 6.92 Å².